The van der Waals surface area contributed by atoms with Gasteiger partial charge in [0.15, 0.2) is 0 Å². The molecule has 0 radical (unpaired) electrons. The minimum Gasteiger partial charge on any atom is -0.144 e. The van der Waals surface area contributed by atoms with Crippen molar-refractivity contribution in [3.05, 3.63) is 435 Å². The van der Waals surface area contributed by atoms with E-state index in [1.165, 1.54) is 94.3 Å². The maximum absolute atomic E-state index is 2.24. The molecule has 6 heterocycles. The van der Waals surface area contributed by atoms with Gasteiger partial charge >= 0.3 is 0 Å². The number of rotatable bonds is 16. The molecule has 15 rings (SSSR count). The Labute approximate surface area is 597 Å². The van der Waals surface area contributed by atoms with E-state index in [-0.39, 0.29) is 0 Å². The van der Waals surface area contributed by atoms with Crippen LogP contribution < -0.4 is 0 Å². The number of thiophene rings is 6. The van der Waals surface area contributed by atoms with Crippen LogP contribution >= 0.6 is 68.0 Å². The quantitative estimate of drug-likeness (QED) is 0.0668. The Morgan fingerprint density at radius 3 is 1.13 bits per heavy atom. The monoisotopic (exact) mass is 1360 g/mol. The Kier molecular flexibility index (Phi) is 29.2. The van der Waals surface area contributed by atoms with Crippen LogP contribution in [0, 0.1) is 0 Å². The highest BCUT2D eigenvalue weighted by Crippen LogP contribution is 2.41. The summed E-state index contributed by atoms with van der Waals surface area (Å²) >= 11 is 10.9. The van der Waals surface area contributed by atoms with Crippen molar-refractivity contribution in [1.29, 1.82) is 0 Å². The summed E-state index contributed by atoms with van der Waals surface area (Å²) in [7, 11) is 0. The van der Waals surface area contributed by atoms with E-state index < -0.39 is 0 Å². The summed E-state index contributed by atoms with van der Waals surface area (Å²) in [5.74, 6) is 0. The molecule has 0 N–H and O–H groups in total. The summed E-state index contributed by atoms with van der Waals surface area (Å²) in [6.45, 7) is 0. The van der Waals surface area contributed by atoms with Crippen LogP contribution in [0.1, 0.15) is 44.0 Å². The molecule has 0 amide bonds. The van der Waals surface area contributed by atoms with Gasteiger partial charge in [-0.3, -0.25) is 0 Å². The van der Waals surface area contributed by atoms with E-state index in [1.54, 1.807) is 34.0 Å². The molecule has 14 aromatic rings. The van der Waals surface area contributed by atoms with E-state index in [4.69, 9.17) is 0 Å². The van der Waals surface area contributed by atoms with Crippen molar-refractivity contribution in [2.24, 2.45) is 0 Å². The van der Waals surface area contributed by atoms with E-state index in [0.29, 0.717) is 0 Å². The Morgan fingerprint density at radius 2 is 0.649 bits per heavy atom. The Balaban J connectivity index is 0.000000127. The lowest BCUT2D eigenvalue weighted by atomic mass is 10.1. The van der Waals surface area contributed by atoms with Crippen LogP contribution in [0.4, 0.5) is 0 Å². The molecular weight excluding hydrogens is 1290 g/mol. The second-order valence-electron chi connectivity index (χ2n) is 21.5. The normalized spacial score (nSPS) is 11.8. The number of hydrogen-bond acceptors (Lipinski definition) is 6. The van der Waals surface area contributed by atoms with Gasteiger partial charge in [-0.15, -0.1) is 68.0 Å². The largest absolute Gasteiger partial charge is 0.144 e. The fraction of sp³-hybridized carbons (Fsp3) is 0.0110. The molecule has 0 bridgehead atoms. The van der Waals surface area contributed by atoms with Crippen LogP contribution in [-0.4, -0.2) is 0 Å². The fourth-order valence-electron chi connectivity index (χ4n) is 9.52. The highest BCUT2D eigenvalue weighted by molar-refractivity contribution is 7.24. The highest BCUT2D eigenvalue weighted by Gasteiger charge is 2.10. The third kappa shape index (κ3) is 24.7. The molecule has 0 saturated carbocycles. The average Bonchev–Trinajstić information content (AvgIpc) is 1.68. The van der Waals surface area contributed by atoms with E-state index in [1.807, 2.05) is 155 Å². The summed E-state index contributed by atoms with van der Waals surface area (Å²) in [4.78, 5) is 10.7. The lowest BCUT2D eigenvalue weighted by molar-refractivity contribution is 1.33. The second kappa shape index (κ2) is 40.8. The van der Waals surface area contributed by atoms with Crippen LogP contribution in [0.2, 0.25) is 0 Å². The Bertz CT molecular complexity index is 4700. The van der Waals surface area contributed by atoms with Crippen molar-refractivity contribution in [2.75, 3.05) is 0 Å². The topological polar surface area (TPSA) is 0 Å². The van der Waals surface area contributed by atoms with Crippen molar-refractivity contribution in [1.82, 2.24) is 0 Å². The minimum atomic E-state index is 1.06. The molecule has 6 heteroatoms. The van der Waals surface area contributed by atoms with E-state index >= 15 is 0 Å². The Hall–Kier alpha value is -10.4. The predicted molar refractivity (Wildman–Crippen MR) is 439 cm³/mol. The van der Waals surface area contributed by atoms with Gasteiger partial charge in [-0.1, -0.05) is 358 Å². The third-order valence-corrected chi connectivity index (χ3v) is 20.6. The highest BCUT2D eigenvalue weighted by atomic mass is 32.1. The molecule has 0 atom stereocenters. The first-order chi connectivity index (χ1) is 48.1. The number of fused-ring (bicyclic) bond motifs is 1. The van der Waals surface area contributed by atoms with Crippen LogP contribution in [0.25, 0.3) is 93.7 Å². The summed E-state index contributed by atoms with van der Waals surface area (Å²) < 4.78 is 0. The van der Waals surface area contributed by atoms with Gasteiger partial charge in [-0.2, -0.15) is 0 Å². The van der Waals surface area contributed by atoms with Gasteiger partial charge in [0.05, 0.1) is 4.88 Å². The van der Waals surface area contributed by atoms with Crippen LogP contribution in [-0.2, 0) is 0 Å². The van der Waals surface area contributed by atoms with Crippen molar-refractivity contribution in [2.45, 2.75) is 6.42 Å². The van der Waals surface area contributed by atoms with Crippen molar-refractivity contribution in [3.8, 4) is 40.4 Å². The molecule has 1 aliphatic rings. The lowest BCUT2D eigenvalue weighted by Crippen LogP contribution is -1.70. The molecule has 97 heavy (non-hydrogen) atoms. The molecule has 0 aliphatic heterocycles. The zero-order chi connectivity index (χ0) is 66.3. The van der Waals surface area contributed by atoms with E-state index in [0.717, 1.165) is 6.42 Å². The predicted octanol–water partition coefficient (Wildman–Crippen LogP) is 28.9. The summed E-state index contributed by atoms with van der Waals surface area (Å²) in [6, 6.07) is 103. The number of benzene rings is 8. The molecule has 0 fully saturated rings. The molecule has 0 spiro atoms. The summed E-state index contributed by atoms with van der Waals surface area (Å²) in [5, 5.41) is 11.2. The first-order valence-corrected chi connectivity index (χ1v) is 37.2. The summed E-state index contributed by atoms with van der Waals surface area (Å²) in [5.41, 5.74) is 10.1. The third-order valence-electron chi connectivity index (χ3n) is 14.4. The second-order valence-corrected chi connectivity index (χ2v) is 27.5. The first kappa shape index (κ1) is 69.4. The van der Waals surface area contributed by atoms with Crippen LogP contribution in [0.15, 0.2) is 397 Å². The van der Waals surface area contributed by atoms with Crippen molar-refractivity contribution >= 4 is 121 Å². The fourth-order valence-corrected chi connectivity index (χ4v) is 14.8. The zero-order valence-electron chi connectivity index (χ0n) is 53.7. The molecule has 6 aromatic heterocycles. The maximum Gasteiger partial charge on any atom is 0.0521 e. The van der Waals surface area contributed by atoms with Gasteiger partial charge in [0.2, 0.25) is 0 Å². The van der Waals surface area contributed by atoms with E-state index in [2.05, 4.69) is 313 Å². The van der Waals surface area contributed by atoms with Gasteiger partial charge < -0.3 is 0 Å². The maximum atomic E-state index is 2.24. The molecule has 1 aliphatic carbocycles. The number of allylic oxidation sites excluding steroid dienone is 13. The van der Waals surface area contributed by atoms with Gasteiger partial charge in [-0.25, -0.2) is 0 Å². The van der Waals surface area contributed by atoms with Crippen molar-refractivity contribution in [3.63, 3.8) is 0 Å². The molecule has 474 valence electrons. The minimum absolute atomic E-state index is 1.06. The number of hydrogen-bond donors (Lipinski definition) is 0. The lowest BCUT2D eigenvalue weighted by Gasteiger charge is -1.96. The van der Waals surface area contributed by atoms with Crippen LogP contribution in [0.5, 0.6) is 0 Å². The van der Waals surface area contributed by atoms with Gasteiger partial charge in [0.25, 0.3) is 0 Å². The van der Waals surface area contributed by atoms with Crippen molar-refractivity contribution < 1.29 is 0 Å². The zero-order valence-corrected chi connectivity index (χ0v) is 58.6. The average molecular weight is 1360 g/mol. The molecular formula is C91H74S6. The SMILES string of the molecule is C(/C=C/c1cccs1)=C\c1ccccc1.C(=C\c1ccccc1)/c1ccccc1.C(=C\c1cccs1)/c1ccccc1.C1=CCC(/C=C/C=C/C=C/C=C/c2ccccc2)=C1.c1ccc(-c2ccc(-c3cccs3)s2)cc1.c1ccc(-c2ccc(-c3scc4ccccc34)s2)cc1. The van der Waals surface area contributed by atoms with E-state index in [9.17, 15) is 0 Å². The van der Waals surface area contributed by atoms with Gasteiger partial charge in [-0.05, 0) is 132 Å². The summed E-state index contributed by atoms with van der Waals surface area (Å²) in [6.07, 6.45) is 40.8. The molecule has 0 unspecified atom stereocenters. The van der Waals surface area contributed by atoms with Crippen LogP contribution in [0.3, 0.4) is 0 Å². The Morgan fingerprint density at radius 1 is 0.258 bits per heavy atom. The van der Waals surface area contributed by atoms with Gasteiger partial charge in [0, 0.05) is 39.5 Å². The molecule has 0 nitrogen and oxygen atoms in total. The molecule has 0 saturated heterocycles. The standard InChI is InChI=1S/C19H18.C18H12S2.C14H10S2.C14H12S.C14H12.C12H10S/c1(2-4-7-13-19-16-10-11-17-19)3-6-12-18-14-8-5-9-15-18;1-2-6-13(7-3-1)16-10-11-17(20-16)18-15-9-5-4-8-14(15)12-19-18;1-2-5-11(6-3-1)12-8-9-14(16-12)13-7-4-10-15-13;1-2-7-13(8-3-1)9-4-5-10-14-11-6-12-15-14;1-3-7-13(8-4-1)11-12-14-9-5-2-6-10-14;1-2-5-11(6-3-1)8-9-12-7-4-10-13-12/h1-16H,17H2;1-12H;1-10H;1-12H;1-12H;1-10H/b3-1+,4-2+,12-6+,13-7+;;;9-4+,10-5+;12-11+;9-8+. The molecule has 8 aromatic carbocycles. The first-order valence-electron chi connectivity index (χ1n) is 32.0. The smallest absolute Gasteiger partial charge is 0.0521 e. The van der Waals surface area contributed by atoms with Gasteiger partial charge in [0.1, 0.15) is 0 Å².